The van der Waals surface area contributed by atoms with E-state index in [9.17, 15) is 4.79 Å². The Hall–Kier alpha value is -0.940. The number of carbonyl (C=O) groups is 1. The minimum absolute atomic E-state index is 0.0490. The molecule has 2 heterocycles. The molecule has 0 bridgehead atoms. The molecule has 0 spiro atoms. The van der Waals surface area contributed by atoms with Gasteiger partial charge >= 0.3 is 0 Å². The lowest BCUT2D eigenvalue weighted by atomic mass is 9.99. The third-order valence-corrected chi connectivity index (χ3v) is 4.54. The van der Waals surface area contributed by atoms with Gasteiger partial charge in [-0.25, -0.2) is 4.98 Å². The smallest absolute Gasteiger partial charge is 0.273 e. The number of thiazole rings is 1. The average Bonchev–Trinajstić information content (AvgIpc) is 2.94. The Balaban J connectivity index is 1.71. The van der Waals surface area contributed by atoms with Crippen LogP contribution in [0.3, 0.4) is 0 Å². The third kappa shape index (κ3) is 2.09. The molecule has 2 N–H and O–H groups in total. The molecule has 0 aromatic carbocycles. The highest BCUT2D eigenvalue weighted by atomic mass is 32.1. The maximum Gasteiger partial charge on any atom is 0.273 e. The Morgan fingerprint density at radius 2 is 2.29 bits per heavy atom. The van der Waals surface area contributed by atoms with Gasteiger partial charge in [0.25, 0.3) is 5.91 Å². The van der Waals surface area contributed by atoms with Gasteiger partial charge in [0.05, 0.1) is 5.01 Å². The number of hydrogen-bond acceptors (Lipinski definition) is 4. The van der Waals surface area contributed by atoms with Crippen LogP contribution in [-0.2, 0) is 0 Å². The predicted octanol–water partition coefficient (Wildman–Crippen LogP) is 1.26. The SMILES string of the molecule is Cc1nc(C(=O)N2CC(N)C(C3CC3)C2)cs1. The summed E-state index contributed by atoms with van der Waals surface area (Å²) in [6.45, 7) is 3.43. The highest BCUT2D eigenvalue weighted by Gasteiger charge is 2.42. The van der Waals surface area contributed by atoms with Crippen LogP contribution in [0.2, 0.25) is 0 Å². The van der Waals surface area contributed by atoms with Crippen molar-refractivity contribution in [1.29, 1.82) is 0 Å². The zero-order valence-electron chi connectivity index (χ0n) is 9.93. The number of aromatic nitrogens is 1. The van der Waals surface area contributed by atoms with Gasteiger partial charge < -0.3 is 10.6 Å². The molecule has 17 heavy (non-hydrogen) atoms. The highest BCUT2D eigenvalue weighted by molar-refractivity contribution is 7.09. The van der Waals surface area contributed by atoms with Gasteiger partial charge in [0.2, 0.25) is 0 Å². The average molecular weight is 251 g/mol. The van der Waals surface area contributed by atoms with Gasteiger partial charge in [-0.1, -0.05) is 0 Å². The number of nitrogens with zero attached hydrogens (tertiary/aromatic N) is 2. The van der Waals surface area contributed by atoms with E-state index in [2.05, 4.69) is 4.98 Å². The lowest BCUT2D eigenvalue weighted by Gasteiger charge is -2.14. The van der Waals surface area contributed by atoms with Crippen molar-refractivity contribution in [3.8, 4) is 0 Å². The molecule has 5 heteroatoms. The van der Waals surface area contributed by atoms with Gasteiger partial charge in [-0.3, -0.25) is 4.79 Å². The number of nitrogens with two attached hydrogens (primary N) is 1. The van der Waals surface area contributed by atoms with Crippen LogP contribution in [0.4, 0.5) is 0 Å². The number of hydrogen-bond donors (Lipinski definition) is 1. The molecule has 0 radical (unpaired) electrons. The number of amides is 1. The first-order valence-electron chi connectivity index (χ1n) is 6.12. The maximum atomic E-state index is 12.2. The van der Waals surface area contributed by atoms with E-state index < -0.39 is 0 Å². The summed E-state index contributed by atoms with van der Waals surface area (Å²) in [5.41, 5.74) is 6.70. The van der Waals surface area contributed by atoms with Crippen LogP contribution in [0.25, 0.3) is 0 Å². The number of likely N-dealkylation sites (tertiary alicyclic amines) is 1. The topological polar surface area (TPSA) is 59.2 Å². The zero-order chi connectivity index (χ0) is 12.0. The molecule has 1 saturated heterocycles. The molecule has 1 aromatic rings. The molecule has 1 aliphatic carbocycles. The quantitative estimate of drug-likeness (QED) is 0.861. The molecular formula is C12H17N3OS. The summed E-state index contributed by atoms with van der Waals surface area (Å²) in [4.78, 5) is 18.3. The van der Waals surface area contributed by atoms with Crippen molar-refractivity contribution < 1.29 is 4.79 Å². The first-order chi connectivity index (χ1) is 8.15. The van der Waals surface area contributed by atoms with E-state index in [1.54, 1.807) is 0 Å². The second-order valence-electron chi connectivity index (χ2n) is 5.13. The van der Waals surface area contributed by atoms with E-state index in [0.717, 1.165) is 17.5 Å². The summed E-state index contributed by atoms with van der Waals surface area (Å²) >= 11 is 1.52. The second-order valence-corrected chi connectivity index (χ2v) is 6.19. The van der Waals surface area contributed by atoms with Crippen LogP contribution >= 0.6 is 11.3 Å². The standard InChI is InChI=1S/C12H17N3OS/c1-7-14-11(6-17-7)12(16)15-4-9(8-2-3-8)10(13)5-15/h6,8-10H,2-5,13H2,1H3. The van der Waals surface area contributed by atoms with E-state index in [0.29, 0.717) is 18.2 Å². The van der Waals surface area contributed by atoms with Crippen molar-refractivity contribution in [1.82, 2.24) is 9.88 Å². The molecule has 2 unspecified atom stereocenters. The van der Waals surface area contributed by atoms with Crippen molar-refractivity contribution in [2.45, 2.75) is 25.8 Å². The van der Waals surface area contributed by atoms with Crippen molar-refractivity contribution in [2.75, 3.05) is 13.1 Å². The lowest BCUT2D eigenvalue weighted by molar-refractivity contribution is 0.0779. The van der Waals surface area contributed by atoms with E-state index in [4.69, 9.17) is 5.73 Å². The first kappa shape index (κ1) is 11.2. The Morgan fingerprint density at radius 3 is 2.88 bits per heavy atom. The number of rotatable bonds is 2. The number of aryl methyl sites for hydroxylation is 1. The van der Waals surface area contributed by atoms with Crippen LogP contribution in [0.15, 0.2) is 5.38 Å². The number of carbonyl (C=O) groups excluding carboxylic acids is 1. The third-order valence-electron chi connectivity index (χ3n) is 3.77. The van der Waals surface area contributed by atoms with Gasteiger partial charge in [-0.15, -0.1) is 11.3 Å². The zero-order valence-corrected chi connectivity index (χ0v) is 10.7. The summed E-state index contributed by atoms with van der Waals surface area (Å²) in [5, 5.41) is 2.78. The van der Waals surface area contributed by atoms with Crippen LogP contribution < -0.4 is 5.73 Å². The molecule has 1 aliphatic heterocycles. The molecule has 3 rings (SSSR count). The lowest BCUT2D eigenvalue weighted by Crippen LogP contribution is -2.32. The maximum absolute atomic E-state index is 12.2. The van der Waals surface area contributed by atoms with Crippen molar-refractivity contribution in [3.05, 3.63) is 16.1 Å². The van der Waals surface area contributed by atoms with E-state index >= 15 is 0 Å². The minimum Gasteiger partial charge on any atom is -0.335 e. The molecular weight excluding hydrogens is 234 g/mol. The van der Waals surface area contributed by atoms with Crippen molar-refractivity contribution >= 4 is 17.2 Å². The van der Waals surface area contributed by atoms with Gasteiger partial charge in [0.15, 0.2) is 0 Å². The van der Waals surface area contributed by atoms with Crippen LogP contribution in [-0.4, -0.2) is 34.9 Å². The Morgan fingerprint density at radius 1 is 1.53 bits per heavy atom. The molecule has 92 valence electrons. The Labute approximate surface area is 105 Å². The Kier molecular flexibility index (Phi) is 2.67. The van der Waals surface area contributed by atoms with Crippen LogP contribution in [0.1, 0.15) is 28.3 Å². The fourth-order valence-corrected chi connectivity index (χ4v) is 3.25. The second kappa shape index (κ2) is 4.07. The predicted molar refractivity (Wildman–Crippen MR) is 66.9 cm³/mol. The Bertz CT molecular complexity index is 441. The van der Waals surface area contributed by atoms with E-state index in [1.165, 1.54) is 24.2 Å². The first-order valence-corrected chi connectivity index (χ1v) is 7.00. The molecule has 2 fully saturated rings. The summed E-state index contributed by atoms with van der Waals surface area (Å²) < 4.78 is 0. The largest absolute Gasteiger partial charge is 0.335 e. The highest BCUT2D eigenvalue weighted by Crippen LogP contribution is 2.41. The fourth-order valence-electron chi connectivity index (χ4n) is 2.67. The van der Waals surface area contributed by atoms with Gasteiger partial charge in [-0.2, -0.15) is 0 Å². The summed E-state index contributed by atoms with van der Waals surface area (Å²) in [6, 6.07) is 0.159. The molecule has 1 amide bonds. The fraction of sp³-hybridized carbons (Fsp3) is 0.667. The van der Waals surface area contributed by atoms with E-state index in [1.807, 2.05) is 17.2 Å². The molecule has 2 aliphatic rings. The van der Waals surface area contributed by atoms with Crippen molar-refractivity contribution in [3.63, 3.8) is 0 Å². The molecule has 4 nitrogen and oxygen atoms in total. The monoisotopic (exact) mass is 251 g/mol. The van der Waals surface area contributed by atoms with Crippen LogP contribution in [0.5, 0.6) is 0 Å². The van der Waals surface area contributed by atoms with Crippen LogP contribution in [0, 0.1) is 18.8 Å². The van der Waals surface area contributed by atoms with Crippen molar-refractivity contribution in [2.24, 2.45) is 17.6 Å². The summed E-state index contributed by atoms with van der Waals surface area (Å²) in [6.07, 6.45) is 2.58. The molecule has 1 saturated carbocycles. The normalized spacial score (nSPS) is 28.7. The van der Waals surface area contributed by atoms with Gasteiger partial charge in [0.1, 0.15) is 5.69 Å². The minimum atomic E-state index is 0.0490. The van der Waals surface area contributed by atoms with Gasteiger partial charge in [-0.05, 0) is 31.6 Å². The molecule has 2 atom stereocenters. The molecule has 1 aromatic heterocycles. The van der Waals surface area contributed by atoms with E-state index in [-0.39, 0.29) is 11.9 Å². The summed E-state index contributed by atoms with van der Waals surface area (Å²) in [7, 11) is 0. The summed E-state index contributed by atoms with van der Waals surface area (Å²) in [5.74, 6) is 1.33. The van der Waals surface area contributed by atoms with Gasteiger partial charge in [0, 0.05) is 24.5 Å².